The Kier molecular flexibility index (Phi) is 4.60. The normalized spacial score (nSPS) is 11.8. The first-order chi connectivity index (χ1) is 11.9. The number of ether oxygens (including phenoxy) is 1. The van der Waals surface area contributed by atoms with Gasteiger partial charge in [-0.15, -0.1) is 0 Å². The first-order valence-corrected chi connectivity index (χ1v) is 8.85. The molecule has 9 heteroatoms. The van der Waals surface area contributed by atoms with Gasteiger partial charge in [0.05, 0.1) is 0 Å². The Morgan fingerprint density at radius 3 is 2.44 bits per heavy atom. The lowest BCUT2D eigenvalue weighted by Gasteiger charge is -2.08. The summed E-state index contributed by atoms with van der Waals surface area (Å²) in [5.41, 5.74) is 0.807. The first kappa shape index (κ1) is 17.2. The molecule has 0 bridgehead atoms. The largest absolute Gasteiger partial charge is 0.486 e. The topological polar surface area (TPSA) is 98.7 Å². The summed E-state index contributed by atoms with van der Waals surface area (Å²) in [4.78, 5) is 4.15. The maximum atomic E-state index is 12.0. The second kappa shape index (κ2) is 6.69. The molecule has 0 aliphatic heterocycles. The van der Waals surface area contributed by atoms with Crippen molar-refractivity contribution in [1.29, 1.82) is 0 Å². The van der Waals surface area contributed by atoms with Crippen molar-refractivity contribution >= 4 is 10.0 Å². The molecule has 132 valence electrons. The number of sulfonamides is 1. The Labute approximate surface area is 145 Å². The highest BCUT2D eigenvalue weighted by molar-refractivity contribution is 7.88. The van der Waals surface area contributed by atoms with Crippen molar-refractivity contribution in [3.63, 3.8) is 0 Å². The van der Waals surface area contributed by atoms with E-state index in [1.165, 1.54) is 20.2 Å². The van der Waals surface area contributed by atoms with Crippen LogP contribution >= 0.6 is 0 Å². The minimum atomic E-state index is -3.58. The molecule has 0 amide bonds. The zero-order chi connectivity index (χ0) is 18.0. The smallest absolute Gasteiger partial charge is 0.275 e. The van der Waals surface area contributed by atoms with Crippen LogP contribution < -0.4 is 4.74 Å². The molecule has 0 unspecified atom stereocenters. The minimum Gasteiger partial charge on any atom is -0.486 e. The summed E-state index contributed by atoms with van der Waals surface area (Å²) in [6.07, 6.45) is 0. The summed E-state index contributed by atoms with van der Waals surface area (Å²) in [5, 5.41) is 3.73. The van der Waals surface area contributed by atoms with Gasteiger partial charge in [-0.3, -0.25) is 0 Å². The lowest BCUT2D eigenvalue weighted by molar-refractivity contribution is 0.256. The van der Waals surface area contributed by atoms with E-state index in [0.29, 0.717) is 23.2 Å². The van der Waals surface area contributed by atoms with Crippen LogP contribution in [0.4, 0.5) is 0 Å². The van der Waals surface area contributed by atoms with Gasteiger partial charge in [-0.25, -0.2) is 12.7 Å². The molecule has 0 fully saturated rings. The molecule has 0 atom stereocenters. The van der Waals surface area contributed by atoms with Crippen LogP contribution in [0.2, 0.25) is 0 Å². The number of benzene rings is 1. The van der Waals surface area contributed by atoms with E-state index < -0.39 is 10.0 Å². The summed E-state index contributed by atoms with van der Waals surface area (Å²) in [5.74, 6) is 2.03. The summed E-state index contributed by atoms with van der Waals surface area (Å²) < 4.78 is 40.9. The molecule has 3 aromatic rings. The van der Waals surface area contributed by atoms with E-state index in [4.69, 9.17) is 13.7 Å². The SMILES string of the molecule is Cc1nc(-c2ccc(OCc3ccc(S(=O)(=O)N(C)C)o3)cc2)no1. The minimum absolute atomic E-state index is 0.112. The predicted octanol–water partition coefficient (Wildman–Crippen LogP) is 2.47. The second-order valence-electron chi connectivity index (χ2n) is 5.46. The molecule has 0 N–H and O–H groups in total. The van der Waals surface area contributed by atoms with Gasteiger partial charge in [-0.2, -0.15) is 4.98 Å². The molecule has 0 radical (unpaired) electrons. The van der Waals surface area contributed by atoms with Crippen LogP contribution in [0.15, 0.2) is 50.4 Å². The van der Waals surface area contributed by atoms with E-state index in [-0.39, 0.29) is 11.7 Å². The fraction of sp³-hybridized carbons (Fsp3) is 0.250. The van der Waals surface area contributed by atoms with Crippen molar-refractivity contribution in [1.82, 2.24) is 14.4 Å². The van der Waals surface area contributed by atoms with Crippen molar-refractivity contribution in [3.05, 3.63) is 48.0 Å². The molecule has 8 nitrogen and oxygen atoms in total. The first-order valence-electron chi connectivity index (χ1n) is 7.41. The van der Waals surface area contributed by atoms with Crippen molar-refractivity contribution < 1.29 is 22.1 Å². The molecule has 1 aromatic carbocycles. The van der Waals surface area contributed by atoms with Crippen molar-refractivity contribution in [2.75, 3.05) is 14.1 Å². The van der Waals surface area contributed by atoms with Gasteiger partial charge in [0, 0.05) is 26.6 Å². The molecule has 0 aliphatic rings. The molecular formula is C16H17N3O5S. The molecular weight excluding hydrogens is 346 g/mol. The third-order valence-corrected chi connectivity index (χ3v) is 5.08. The fourth-order valence-corrected chi connectivity index (χ4v) is 2.84. The van der Waals surface area contributed by atoms with Crippen LogP contribution in [0.1, 0.15) is 11.7 Å². The Morgan fingerprint density at radius 1 is 1.12 bits per heavy atom. The van der Waals surface area contributed by atoms with Crippen molar-refractivity contribution in [2.24, 2.45) is 0 Å². The van der Waals surface area contributed by atoms with Crippen LogP contribution in [0, 0.1) is 6.92 Å². The van der Waals surface area contributed by atoms with Gasteiger partial charge in [0.1, 0.15) is 18.1 Å². The molecule has 0 saturated heterocycles. The Balaban J connectivity index is 1.65. The van der Waals surface area contributed by atoms with Crippen LogP contribution in [0.3, 0.4) is 0 Å². The number of hydrogen-bond donors (Lipinski definition) is 0. The van der Waals surface area contributed by atoms with E-state index in [2.05, 4.69) is 10.1 Å². The van der Waals surface area contributed by atoms with E-state index in [1.807, 2.05) is 12.1 Å². The van der Waals surface area contributed by atoms with Crippen LogP contribution in [-0.4, -0.2) is 37.0 Å². The van der Waals surface area contributed by atoms with Crippen molar-refractivity contribution in [2.45, 2.75) is 18.6 Å². The quantitative estimate of drug-likeness (QED) is 0.663. The highest BCUT2D eigenvalue weighted by atomic mass is 32.2. The van der Waals surface area contributed by atoms with Gasteiger partial charge < -0.3 is 13.7 Å². The molecule has 0 spiro atoms. The highest BCUT2D eigenvalue weighted by Crippen LogP contribution is 2.22. The fourth-order valence-electron chi connectivity index (χ4n) is 2.03. The Morgan fingerprint density at radius 2 is 1.84 bits per heavy atom. The van der Waals surface area contributed by atoms with Gasteiger partial charge in [-0.1, -0.05) is 5.16 Å². The monoisotopic (exact) mass is 363 g/mol. The van der Waals surface area contributed by atoms with Gasteiger partial charge in [-0.05, 0) is 36.4 Å². The van der Waals surface area contributed by atoms with Crippen LogP contribution in [0.25, 0.3) is 11.4 Å². The summed E-state index contributed by atoms with van der Waals surface area (Å²) in [7, 11) is -0.694. The maximum Gasteiger partial charge on any atom is 0.275 e. The molecule has 3 rings (SSSR count). The molecule has 25 heavy (non-hydrogen) atoms. The van der Waals surface area contributed by atoms with Crippen molar-refractivity contribution in [3.8, 4) is 17.1 Å². The average molecular weight is 363 g/mol. The Hall–Kier alpha value is -2.65. The number of furan rings is 1. The average Bonchev–Trinajstić information content (AvgIpc) is 3.22. The molecule has 0 saturated carbocycles. The van der Waals surface area contributed by atoms with Crippen LogP contribution in [-0.2, 0) is 16.6 Å². The maximum absolute atomic E-state index is 12.0. The third-order valence-electron chi connectivity index (χ3n) is 3.39. The Bertz CT molecular complexity index is 958. The lowest BCUT2D eigenvalue weighted by atomic mass is 10.2. The third kappa shape index (κ3) is 3.72. The summed E-state index contributed by atoms with van der Waals surface area (Å²) in [6, 6.07) is 10.1. The predicted molar refractivity (Wildman–Crippen MR) is 88.4 cm³/mol. The molecule has 0 aliphatic carbocycles. The number of aromatic nitrogens is 2. The zero-order valence-corrected chi connectivity index (χ0v) is 14.8. The van der Waals surface area contributed by atoms with Gasteiger partial charge in [0.2, 0.25) is 16.8 Å². The van der Waals surface area contributed by atoms with Gasteiger partial charge >= 0.3 is 0 Å². The standard InChI is InChI=1S/C16H17N3O5S/c1-11-17-16(18-24-11)12-4-6-13(7-5-12)22-10-14-8-9-15(23-14)25(20,21)19(2)3/h4-9H,10H2,1-3H3. The highest BCUT2D eigenvalue weighted by Gasteiger charge is 2.21. The van der Waals surface area contributed by atoms with E-state index in [0.717, 1.165) is 9.87 Å². The van der Waals surface area contributed by atoms with E-state index >= 15 is 0 Å². The number of hydrogen-bond acceptors (Lipinski definition) is 7. The summed E-state index contributed by atoms with van der Waals surface area (Å²) >= 11 is 0. The number of aryl methyl sites for hydroxylation is 1. The van der Waals surface area contributed by atoms with E-state index in [1.54, 1.807) is 25.1 Å². The van der Waals surface area contributed by atoms with Gasteiger partial charge in [0.25, 0.3) is 10.0 Å². The lowest BCUT2D eigenvalue weighted by Crippen LogP contribution is -2.21. The second-order valence-corrected chi connectivity index (χ2v) is 7.54. The molecule has 2 heterocycles. The molecule has 2 aromatic heterocycles. The van der Waals surface area contributed by atoms with Gasteiger partial charge in [0.15, 0.2) is 0 Å². The van der Waals surface area contributed by atoms with E-state index in [9.17, 15) is 8.42 Å². The zero-order valence-electron chi connectivity index (χ0n) is 14.0. The number of nitrogens with zero attached hydrogens (tertiary/aromatic N) is 3. The summed E-state index contributed by atoms with van der Waals surface area (Å²) in [6.45, 7) is 1.84. The number of rotatable bonds is 6. The van der Waals surface area contributed by atoms with Crippen LogP contribution in [0.5, 0.6) is 5.75 Å².